The number of carboxylic acids is 1. The van der Waals surface area contributed by atoms with Crippen LogP contribution in [0.3, 0.4) is 0 Å². The highest BCUT2D eigenvalue weighted by molar-refractivity contribution is 6.34. The third-order valence-corrected chi connectivity index (χ3v) is 2.19. The van der Waals surface area contributed by atoms with Gasteiger partial charge in [-0.1, -0.05) is 23.7 Å². The van der Waals surface area contributed by atoms with E-state index in [9.17, 15) is 9.59 Å². The summed E-state index contributed by atoms with van der Waals surface area (Å²) in [5.41, 5.74) is -0.146. The first-order chi connectivity index (χ1) is 7.57. The highest BCUT2D eigenvalue weighted by Gasteiger charge is 2.18. The molecule has 1 amide bonds. The Bertz CT molecular complexity index is 443. The SMILES string of the molecule is C=CCNC(=O)c1cccc(Cl)c1C(=O)O. The minimum Gasteiger partial charge on any atom is -0.478 e. The zero-order valence-electron chi connectivity index (χ0n) is 8.37. The molecule has 1 rings (SSSR count). The average Bonchev–Trinajstić information content (AvgIpc) is 2.24. The Balaban J connectivity index is 3.12. The van der Waals surface area contributed by atoms with Crippen LogP contribution in [0.25, 0.3) is 0 Å². The summed E-state index contributed by atoms with van der Waals surface area (Å²) in [5, 5.41) is 11.5. The molecule has 1 aromatic carbocycles. The van der Waals surface area contributed by atoms with Gasteiger partial charge in [-0.15, -0.1) is 6.58 Å². The summed E-state index contributed by atoms with van der Waals surface area (Å²) in [6, 6.07) is 4.36. The van der Waals surface area contributed by atoms with E-state index in [2.05, 4.69) is 11.9 Å². The lowest BCUT2D eigenvalue weighted by Gasteiger charge is -2.07. The molecule has 1 aromatic rings. The van der Waals surface area contributed by atoms with Gasteiger partial charge in [0, 0.05) is 6.54 Å². The van der Waals surface area contributed by atoms with E-state index < -0.39 is 11.9 Å². The first kappa shape index (κ1) is 12.3. The van der Waals surface area contributed by atoms with Crippen molar-refractivity contribution < 1.29 is 14.7 Å². The largest absolute Gasteiger partial charge is 0.478 e. The van der Waals surface area contributed by atoms with Gasteiger partial charge in [0.05, 0.1) is 16.1 Å². The maximum atomic E-state index is 11.6. The van der Waals surface area contributed by atoms with Crippen molar-refractivity contribution in [1.82, 2.24) is 5.32 Å². The van der Waals surface area contributed by atoms with E-state index in [-0.39, 0.29) is 22.7 Å². The Morgan fingerprint density at radius 1 is 1.50 bits per heavy atom. The predicted octanol–water partition coefficient (Wildman–Crippen LogP) is 1.95. The summed E-state index contributed by atoms with van der Waals surface area (Å²) in [4.78, 5) is 22.5. The molecule has 0 saturated carbocycles. The Morgan fingerprint density at radius 2 is 2.19 bits per heavy atom. The second-order valence-corrected chi connectivity index (χ2v) is 3.37. The lowest BCUT2D eigenvalue weighted by molar-refractivity contribution is 0.0691. The van der Waals surface area contributed by atoms with Crippen molar-refractivity contribution in [2.24, 2.45) is 0 Å². The number of hydrogen-bond donors (Lipinski definition) is 2. The number of benzene rings is 1. The van der Waals surface area contributed by atoms with Gasteiger partial charge in [0.1, 0.15) is 0 Å². The Kier molecular flexibility index (Phi) is 4.08. The summed E-state index contributed by atoms with van der Waals surface area (Å²) in [6.07, 6.45) is 1.50. The lowest BCUT2D eigenvalue weighted by atomic mass is 10.1. The van der Waals surface area contributed by atoms with Crippen LogP contribution in [0.1, 0.15) is 20.7 Å². The molecule has 0 aliphatic rings. The minimum atomic E-state index is -1.23. The third-order valence-electron chi connectivity index (χ3n) is 1.88. The second-order valence-electron chi connectivity index (χ2n) is 2.97. The topological polar surface area (TPSA) is 66.4 Å². The molecule has 4 nitrogen and oxygen atoms in total. The van der Waals surface area contributed by atoms with E-state index in [1.165, 1.54) is 24.3 Å². The van der Waals surface area contributed by atoms with E-state index in [1.54, 1.807) is 0 Å². The molecule has 16 heavy (non-hydrogen) atoms. The van der Waals surface area contributed by atoms with Crippen LogP contribution in [0.2, 0.25) is 5.02 Å². The van der Waals surface area contributed by atoms with Crippen molar-refractivity contribution in [1.29, 1.82) is 0 Å². The quantitative estimate of drug-likeness (QED) is 0.790. The maximum Gasteiger partial charge on any atom is 0.338 e. The van der Waals surface area contributed by atoms with Gasteiger partial charge < -0.3 is 10.4 Å². The van der Waals surface area contributed by atoms with E-state index in [4.69, 9.17) is 16.7 Å². The van der Waals surface area contributed by atoms with Crippen molar-refractivity contribution in [2.75, 3.05) is 6.54 Å². The lowest BCUT2D eigenvalue weighted by Crippen LogP contribution is -2.25. The van der Waals surface area contributed by atoms with E-state index in [1.807, 2.05) is 0 Å². The molecule has 0 aromatic heterocycles. The van der Waals surface area contributed by atoms with Crippen molar-refractivity contribution in [2.45, 2.75) is 0 Å². The summed E-state index contributed by atoms with van der Waals surface area (Å²) in [5.74, 6) is -1.71. The summed E-state index contributed by atoms with van der Waals surface area (Å²) in [6.45, 7) is 3.71. The molecule has 0 spiro atoms. The fourth-order valence-corrected chi connectivity index (χ4v) is 1.45. The monoisotopic (exact) mass is 239 g/mol. The molecule has 2 N–H and O–H groups in total. The van der Waals surface area contributed by atoms with E-state index in [0.717, 1.165) is 0 Å². The molecule has 84 valence electrons. The summed E-state index contributed by atoms with van der Waals surface area (Å²) < 4.78 is 0. The third kappa shape index (κ3) is 2.61. The van der Waals surface area contributed by atoms with Crippen LogP contribution < -0.4 is 5.32 Å². The van der Waals surface area contributed by atoms with Gasteiger partial charge in [-0.3, -0.25) is 4.79 Å². The Morgan fingerprint density at radius 3 is 2.75 bits per heavy atom. The normalized spacial score (nSPS) is 9.56. The molecule has 0 aliphatic heterocycles. The first-order valence-electron chi connectivity index (χ1n) is 4.48. The molecule has 0 aliphatic carbocycles. The number of carbonyl (C=O) groups is 2. The van der Waals surface area contributed by atoms with E-state index >= 15 is 0 Å². The summed E-state index contributed by atoms with van der Waals surface area (Å²) in [7, 11) is 0. The molecule has 0 heterocycles. The zero-order chi connectivity index (χ0) is 12.1. The van der Waals surface area contributed by atoms with Gasteiger partial charge in [0.25, 0.3) is 5.91 Å². The smallest absolute Gasteiger partial charge is 0.338 e. The number of aromatic carboxylic acids is 1. The highest BCUT2D eigenvalue weighted by atomic mass is 35.5. The molecule has 0 atom stereocenters. The van der Waals surface area contributed by atoms with Crippen LogP contribution in [-0.4, -0.2) is 23.5 Å². The molecule has 0 bridgehead atoms. The first-order valence-corrected chi connectivity index (χ1v) is 4.86. The second kappa shape index (κ2) is 5.32. The van der Waals surface area contributed by atoms with Crippen LogP contribution in [0.4, 0.5) is 0 Å². The Hall–Kier alpha value is -1.81. The van der Waals surface area contributed by atoms with Crippen molar-refractivity contribution in [3.05, 3.63) is 47.0 Å². The van der Waals surface area contributed by atoms with Gasteiger partial charge in [0.2, 0.25) is 0 Å². The molecule has 0 saturated heterocycles. The number of amides is 1. The minimum absolute atomic E-state index is 0.0405. The van der Waals surface area contributed by atoms with Crippen LogP contribution in [-0.2, 0) is 0 Å². The van der Waals surface area contributed by atoms with Crippen LogP contribution in [0.5, 0.6) is 0 Å². The standard InChI is InChI=1S/C11H10ClNO3/c1-2-6-13-10(14)7-4-3-5-8(12)9(7)11(15)16/h2-5H,1,6H2,(H,13,14)(H,15,16). The number of nitrogens with one attached hydrogen (secondary N) is 1. The fraction of sp³-hybridized carbons (Fsp3) is 0.0909. The fourth-order valence-electron chi connectivity index (χ4n) is 1.19. The molecular formula is C11H10ClNO3. The van der Waals surface area contributed by atoms with Gasteiger partial charge in [0.15, 0.2) is 0 Å². The highest BCUT2D eigenvalue weighted by Crippen LogP contribution is 2.19. The van der Waals surface area contributed by atoms with Crippen molar-refractivity contribution >= 4 is 23.5 Å². The number of hydrogen-bond acceptors (Lipinski definition) is 2. The number of carboxylic acid groups (broad SMARTS) is 1. The molecular weight excluding hydrogens is 230 g/mol. The molecule has 0 radical (unpaired) electrons. The van der Waals surface area contributed by atoms with E-state index in [0.29, 0.717) is 0 Å². The van der Waals surface area contributed by atoms with Crippen LogP contribution >= 0.6 is 11.6 Å². The van der Waals surface area contributed by atoms with Crippen LogP contribution in [0.15, 0.2) is 30.9 Å². The van der Waals surface area contributed by atoms with Gasteiger partial charge in [-0.2, -0.15) is 0 Å². The summed E-state index contributed by atoms with van der Waals surface area (Å²) >= 11 is 5.72. The number of halogens is 1. The zero-order valence-corrected chi connectivity index (χ0v) is 9.12. The van der Waals surface area contributed by atoms with Crippen LogP contribution in [0, 0.1) is 0 Å². The molecule has 0 unspecified atom stereocenters. The van der Waals surface area contributed by atoms with Gasteiger partial charge >= 0.3 is 5.97 Å². The predicted molar refractivity (Wildman–Crippen MR) is 60.9 cm³/mol. The molecule has 0 fully saturated rings. The number of rotatable bonds is 4. The number of carbonyl (C=O) groups excluding carboxylic acids is 1. The van der Waals surface area contributed by atoms with Crippen molar-refractivity contribution in [3.63, 3.8) is 0 Å². The van der Waals surface area contributed by atoms with Gasteiger partial charge in [-0.25, -0.2) is 4.79 Å². The molecule has 5 heteroatoms. The Labute approximate surface area is 97.5 Å². The maximum absolute atomic E-state index is 11.6. The van der Waals surface area contributed by atoms with Gasteiger partial charge in [-0.05, 0) is 12.1 Å². The van der Waals surface area contributed by atoms with Crippen molar-refractivity contribution in [3.8, 4) is 0 Å². The average molecular weight is 240 g/mol.